The molecule has 0 fully saturated rings. The summed E-state index contributed by atoms with van der Waals surface area (Å²) >= 11 is 0. The summed E-state index contributed by atoms with van der Waals surface area (Å²) in [5, 5.41) is 2.80. The van der Waals surface area contributed by atoms with Crippen molar-refractivity contribution in [2.45, 2.75) is 25.6 Å². The van der Waals surface area contributed by atoms with E-state index in [0.717, 1.165) is 11.1 Å². The summed E-state index contributed by atoms with van der Waals surface area (Å²) in [6.45, 7) is 4.60. The second-order valence-electron chi connectivity index (χ2n) is 4.10. The van der Waals surface area contributed by atoms with E-state index >= 15 is 0 Å². The Labute approximate surface area is 108 Å². The molecule has 0 aliphatic heterocycles. The highest BCUT2D eigenvalue weighted by atomic mass is 16.5. The first-order valence-electron chi connectivity index (χ1n) is 5.88. The van der Waals surface area contributed by atoms with Crippen molar-refractivity contribution in [1.29, 1.82) is 0 Å². The van der Waals surface area contributed by atoms with E-state index in [1.165, 1.54) is 0 Å². The Hall–Kier alpha value is -1.65. The molecule has 0 spiro atoms. The first kappa shape index (κ1) is 14.4. The van der Waals surface area contributed by atoms with Gasteiger partial charge in [-0.15, -0.1) is 6.58 Å². The van der Waals surface area contributed by atoms with Crippen LogP contribution in [0.15, 0.2) is 36.9 Å². The molecule has 1 amide bonds. The van der Waals surface area contributed by atoms with E-state index in [1.54, 1.807) is 13.2 Å². The Morgan fingerprint density at radius 1 is 1.56 bits per heavy atom. The third-order valence-corrected chi connectivity index (χ3v) is 2.53. The average Bonchev–Trinajstić information content (AvgIpc) is 2.37. The van der Waals surface area contributed by atoms with E-state index in [2.05, 4.69) is 11.9 Å². The minimum absolute atomic E-state index is 0.160. The van der Waals surface area contributed by atoms with Gasteiger partial charge in [0.05, 0.1) is 12.6 Å². The Balaban J connectivity index is 2.50. The van der Waals surface area contributed by atoms with Gasteiger partial charge in [0.15, 0.2) is 0 Å². The fourth-order valence-corrected chi connectivity index (χ4v) is 1.60. The predicted molar refractivity (Wildman–Crippen MR) is 71.8 cm³/mol. The highest BCUT2D eigenvalue weighted by Gasteiger charge is 2.10. The number of amides is 1. The number of nitrogens with two attached hydrogens (primary N) is 1. The third-order valence-electron chi connectivity index (χ3n) is 2.53. The van der Waals surface area contributed by atoms with Gasteiger partial charge in [-0.25, -0.2) is 0 Å². The summed E-state index contributed by atoms with van der Waals surface area (Å²) in [4.78, 5) is 11.6. The molecule has 0 saturated heterocycles. The summed E-state index contributed by atoms with van der Waals surface area (Å²) in [7, 11) is 1.66. The van der Waals surface area contributed by atoms with Crippen LogP contribution in [0.3, 0.4) is 0 Å². The second kappa shape index (κ2) is 7.63. The van der Waals surface area contributed by atoms with Crippen molar-refractivity contribution in [3.05, 3.63) is 48.0 Å². The maximum Gasteiger partial charge on any atom is 0.237 e. The minimum Gasteiger partial charge on any atom is -0.380 e. The van der Waals surface area contributed by atoms with Gasteiger partial charge >= 0.3 is 0 Å². The zero-order valence-electron chi connectivity index (χ0n) is 10.7. The summed E-state index contributed by atoms with van der Waals surface area (Å²) in [6.07, 6.45) is 2.12. The van der Waals surface area contributed by atoms with Gasteiger partial charge in [0, 0.05) is 13.7 Å². The van der Waals surface area contributed by atoms with Crippen LogP contribution in [0.4, 0.5) is 0 Å². The molecule has 0 aliphatic rings. The van der Waals surface area contributed by atoms with E-state index in [-0.39, 0.29) is 5.91 Å². The number of hydrogen-bond acceptors (Lipinski definition) is 3. The molecule has 1 unspecified atom stereocenters. The normalized spacial score (nSPS) is 11.9. The molecule has 0 bridgehead atoms. The van der Waals surface area contributed by atoms with Gasteiger partial charge in [0.25, 0.3) is 0 Å². The molecule has 4 heteroatoms. The smallest absolute Gasteiger partial charge is 0.237 e. The summed E-state index contributed by atoms with van der Waals surface area (Å²) in [5.41, 5.74) is 7.78. The zero-order valence-corrected chi connectivity index (χ0v) is 10.7. The van der Waals surface area contributed by atoms with Gasteiger partial charge in [-0.3, -0.25) is 4.79 Å². The van der Waals surface area contributed by atoms with Gasteiger partial charge in [-0.2, -0.15) is 0 Å². The third kappa shape index (κ3) is 4.69. The monoisotopic (exact) mass is 248 g/mol. The number of nitrogens with one attached hydrogen (secondary N) is 1. The average molecular weight is 248 g/mol. The second-order valence-corrected chi connectivity index (χ2v) is 4.10. The van der Waals surface area contributed by atoms with Gasteiger partial charge in [0.2, 0.25) is 5.91 Å². The zero-order chi connectivity index (χ0) is 13.4. The molecule has 18 heavy (non-hydrogen) atoms. The van der Waals surface area contributed by atoms with E-state index in [9.17, 15) is 4.79 Å². The highest BCUT2D eigenvalue weighted by Crippen LogP contribution is 2.06. The van der Waals surface area contributed by atoms with Crippen LogP contribution >= 0.6 is 0 Å². The molecule has 0 aliphatic carbocycles. The Morgan fingerprint density at radius 2 is 2.28 bits per heavy atom. The molecular formula is C14H20N2O2. The van der Waals surface area contributed by atoms with Crippen molar-refractivity contribution in [3.63, 3.8) is 0 Å². The molecule has 1 atom stereocenters. The predicted octanol–water partition coefficient (Wildman–Crippen LogP) is 1.35. The van der Waals surface area contributed by atoms with Crippen LogP contribution in [-0.4, -0.2) is 19.1 Å². The van der Waals surface area contributed by atoms with Crippen molar-refractivity contribution >= 4 is 5.91 Å². The van der Waals surface area contributed by atoms with Gasteiger partial charge in [0.1, 0.15) is 0 Å². The van der Waals surface area contributed by atoms with Crippen LogP contribution in [-0.2, 0) is 22.7 Å². The lowest BCUT2D eigenvalue weighted by Crippen LogP contribution is -2.39. The topological polar surface area (TPSA) is 64.4 Å². The van der Waals surface area contributed by atoms with Crippen LogP contribution in [0.5, 0.6) is 0 Å². The van der Waals surface area contributed by atoms with Gasteiger partial charge < -0.3 is 15.8 Å². The number of hydrogen-bond donors (Lipinski definition) is 2. The molecule has 0 saturated carbocycles. The molecule has 0 aromatic heterocycles. The standard InChI is InChI=1S/C14H20N2O2/c1-3-5-13(15)14(17)16-9-11-6-4-7-12(8-11)10-18-2/h3-4,6-8,13H,1,5,9-10,15H2,2H3,(H,16,17). The number of carbonyl (C=O) groups excluding carboxylic acids is 1. The lowest BCUT2D eigenvalue weighted by Gasteiger charge is -2.11. The van der Waals surface area contributed by atoms with Crippen LogP contribution < -0.4 is 11.1 Å². The quantitative estimate of drug-likeness (QED) is 0.716. The van der Waals surface area contributed by atoms with Crippen molar-refractivity contribution in [3.8, 4) is 0 Å². The van der Waals surface area contributed by atoms with E-state index in [4.69, 9.17) is 10.5 Å². The summed E-state index contributed by atoms with van der Waals surface area (Å²) in [6, 6.07) is 7.36. The van der Waals surface area contributed by atoms with Crippen LogP contribution in [0.2, 0.25) is 0 Å². The molecule has 1 rings (SSSR count). The van der Waals surface area contributed by atoms with Crippen molar-refractivity contribution in [1.82, 2.24) is 5.32 Å². The van der Waals surface area contributed by atoms with E-state index in [1.807, 2.05) is 24.3 Å². The van der Waals surface area contributed by atoms with E-state index in [0.29, 0.717) is 19.6 Å². The molecule has 0 heterocycles. The molecule has 1 aromatic rings. The lowest BCUT2D eigenvalue weighted by molar-refractivity contribution is -0.122. The first-order chi connectivity index (χ1) is 8.67. The first-order valence-corrected chi connectivity index (χ1v) is 5.88. The van der Waals surface area contributed by atoms with Gasteiger partial charge in [-0.05, 0) is 17.5 Å². The molecule has 4 nitrogen and oxygen atoms in total. The summed E-state index contributed by atoms with van der Waals surface area (Å²) in [5.74, 6) is -0.160. The maximum atomic E-state index is 11.6. The highest BCUT2D eigenvalue weighted by molar-refractivity contribution is 5.81. The largest absolute Gasteiger partial charge is 0.380 e. The number of ether oxygens (including phenoxy) is 1. The Bertz CT molecular complexity index is 405. The fourth-order valence-electron chi connectivity index (χ4n) is 1.60. The van der Waals surface area contributed by atoms with Crippen LogP contribution in [0.25, 0.3) is 0 Å². The van der Waals surface area contributed by atoms with Crippen LogP contribution in [0, 0.1) is 0 Å². The van der Waals surface area contributed by atoms with E-state index < -0.39 is 6.04 Å². The molecule has 98 valence electrons. The summed E-state index contributed by atoms with van der Waals surface area (Å²) < 4.78 is 5.06. The number of rotatable bonds is 7. The number of carbonyl (C=O) groups is 1. The molecular weight excluding hydrogens is 228 g/mol. The van der Waals surface area contributed by atoms with Crippen LogP contribution in [0.1, 0.15) is 17.5 Å². The van der Waals surface area contributed by atoms with Crippen molar-refractivity contribution < 1.29 is 9.53 Å². The SMILES string of the molecule is C=CCC(N)C(=O)NCc1cccc(COC)c1. The molecule has 0 radical (unpaired) electrons. The minimum atomic E-state index is -0.523. The fraction of sp³-hybridized carbons (Fsp3) is 0.357. The van der Waals surface area contributed by atoms with Crippen molar-refractivity contribution in [2.75, 3.05) is 7.11 Å². The number of benzene rings is 1. The van der Waals surface area contributed by atoms with Gasteiger partial charge in [-0.1, -0.05) is 30.3 Å². The molecule has 3 N–H and O–H groups in total. The molecule has 1 aromatic carbocycles. The Kier molecular flexibility index (Phi) is 6.11. The van der Waals surface area contributed by atoms with Crippen molar-refractivity contribution in [2.24, 2.45) is 5.73 Å². The number of methoxy groups -OCH3 is 1. The Morgan fingerprint density at radius 3 is 2.94 bits per heavy atom. The lowest BCUT2D eigenvalue weighted by atomic mass is 10.1. The maximum absolute atomic E-state index is 11.6.